The van der Waals surface area contributed by atoms with E-state index in [0.29, 0.717) is 24.1 Å². The van der Waals surface area contributed by atoms with Crippen LogP contribution >= 0.6 is 0 Å². The number of benzene rings is 1. The second-order valence-corrected chi connectivity index (χ2v) is 5.83. The van der Waals surface area contributed by atoms with E-state index in [-0.39, 0.29) is 5.84 Å². The van der Waals surface area contributed by atoms with Crippen molar-refractivity contribution in [3.8, 4) is 0 Å². The van der Waals surface area contributed by atoms with Gasteiger partial charge in [-0.05, 0) is 43.8 Å². The van der Waals surface area contributed by atoms with Gasteiger partial charge in [-0.2, -0.15) is 0 Å². The predicted molar refractivity (Wildman–Crippen MR) is 82.9 cm³/mol. The van der Waals surface area contributed by atoms with Crippen molar-refractivity contribution in [3.63, 3.8) is 0 Å². The van der Waals surface area contributed by atoms with Crippen LogP contribution in [0, 0.1) is 11.7 Å². The van der Waals surface area contributed by atoms with Crippen LogP contribution in [0.1, 0.15) is 25.0 Å². The van der Waals surface area contributed by atoms with Gasteiger partial charge in [-0.3, -0.25) is 0 Å². The van der Waals surface area contributed by atoms with Crippen molar-refractivity contribution < 1.29 is 9.60 Å². The molecule has 6 heteroatoms. The van der Waals surface area contributed by atoms with Gasteiger partial charge in [0.05, 0.1) is 0 Å². The van der Waals surface area contributed by atoms with Gasteiger partial charge in [0.2, 0.25) is 0 Å². The number of amidine groups is 1. The van der Waals surface area contributed by atoms with Crippen LogP contribution in [0.25, 0.3) is 0 Å². The molecule has 118 valence electrons. The molecule has 0 bridgehead atoms. The van der Waals surface area contributed by atoms with Gasteiger partial charge in [-0.25, -0.2) is 4.39 Å². The zero-order valence-electron chi connectivity index (χ0n) is 13.1. The van der Waals surface area contributed by atoms with E-state index in [1.54, 1.807) is 6.07 Å². The highest BCUT2D eigenvalue weighted by Crippen LogP contribution is 2.11. The Labute approximate surface area is 125 Å². The molecule has 1 rings (SSSR count). The summed E-state index contributed by atoms with van der Waals surface area (Å²) in [5, 5.41) is 15.0. The summed E-state index contributed by atoms with van der Waals surface area (Å²) in [6.07, 6.45) is 0. The molecule has 0 aliphatic heterocycles. The maximum Gasteiger partial charge on any atom is 0.170 e. The van der Waals surface area contributed by atoms with E-state index in [0.717, 1.165) is 12.1 Å². The molecular formula is C15H25FN4O. The molecule has 0 aromatic heterocycles. The molecule has 5 nitrogen and oxygen atoms in total. The fraction of sp³-hybridized carbons (Fsp3) is 0.533. The first-order chi connectivity index (χ1) is 9.83. The van der Waals surface area contributed by atoms with Crippen LogP contribution in [-0.2, 0) is 6.54 Å². The van der Waals surface area contributed by atoms with Gasteiger partial charge in [-0.1, -0.05) is 19.0 Å². The largest absolute Gasteiger partial charge is 0.409 e. The van der Waals surface area contributed by atoms with Crippen molar-refractivity contribution in [3.05, 3.63) is 35.1 Å². The summed E-state index contributed by atoms with van der Waals surface area (Å²) in [7, 11) is 4.05. The average Bonchev–Trinajstić information content (AvgIpc) is 2.41. The van der Waals surface area contributed by atoms with Crippen LogP contribution in [0.4, 0.5) is 4.39 Å². The standard InChI is InChI=1S/C15H25FN4O/c1-10(2)14(9-20(3)4)18-8-11-5-12(15(17)19-21)7-13(16)6-11/h5-7,10,14,18,21H,8-9H2,1-4H3,(H2,17,19). The summed E-state index contributed by atoms with van der Waals surface area (Å²) in [6.45, 7) is 5.73. The Morgan fingerprint density at radius 1 is 1.38 bits per heavy atom. The average molecular weight is 296 g/mol. The van der Waals surface area contributed by atoms with Crippen LogP contribution in [0.5, 0.6) is 0 Å². The molecule has 0 aliphatic carbocycles. The van der Waals surface area contributed by atoms with E-state index in [9.17, 15) is 4.39 Å². The SMILES string of the molecule is CC(C)C(CN(C)C)NCc1cc(F)cc(/C(N)=N/O)c1. The third-order valence-electron chi connectivity index (χ3n) is 3.30. The van der Waals surface area contributed by atoms with Crippen molar-refractivity contribution in [2.75, 3.05) is 20.6 Å². The maximum atomic E-state index is 13.6. The van der Waals surface area contributed by atoms with E-state index in [4.69, 9.17) is 10.9 Å². The lowest BCUT2D eigenvalue weighted by Gasteiger charge is -2.26. The van der Waals surface area contributed by atoms with Crippen molar-refractivity contribution in [2.45, 2.75) is 26.4 Å². The van der Waals surface area contributed by atoms with Crippen molar-refractivity contribution in [2.24, 2.45) is 16.8 Å². The Hall–Kier alpha value is -1.66. The highest BCUT2D eigenvalue weighted by molar-refractivity contribution is 5.97. The number of nitrogens with one attached hydrogen (secondary N) is 1. The molecule has 0 aliphatic rings. The smallest absolute Gasteiger partial charge is 0.170 e. The number of likely N-dealkylation sites (N-methyl/N-ethyl adjacent to an activating group) is 1. The predicted octanol–water partition coefficient (Wildman–Crippen LogP) is 1.60. The van der Waals surface area contributed by atoms with E-state index in [1.165, 1.54) is 12.1 Å². The van der Waals surface area contributed by atoms with Crippen LogP contribution in [0.2, 0.25) is 0 Å². The Morgan fingerprint density at radius 3 is 2.57 bits per heavy atom. The number of hydrogen-bond donors (Lipinski definition) is 3. The highest BCUT2D eigenvalue weighted by atomic mass is 19.1. The number of rotatable bonds is 7. The van der Waals surface area contributed by atoms with E-state index in [2.05, 4.69) is 29.2 Å². The number of hydrogen-bond acceptors (Lipinski definition) is 4. The Kier molecular flexibility index (Phi) is 6.58. The summed E-state index contributed by atoms with van der Waals surface area (Å²) in [4.78, 5) is 2.12. The van der Waals surface area contributed by atoms with E-state index < -0.39 is 5.82 Å². The highest BCUT2D eigenvalue weighted by Gasteiger charge is 2.14. The van der Waals surface area contributed by atoms with Crippen molar-refractivity contribution in [1.29, 1.82) is 0 Å². The molecule has 1 aromatic carbocycles. The molecule has 1 atom stereocenters. The number of oxime groups is 1. The molecule has 21 heavy (non-hydrogen) atoms. The minimum atomic E-state index is -0.399. The van der Waals surface area contributed by atoms with Gasteiger partial charge in [0.15, 0.2) is 5.84 Å². The first kappa shape index (κ1) is 17.4. The summed E-state index contributed by atoms with van der Waals surface area (Å²) in [6, 6.07) is 4.72. The maximum absolute atomic E-state index is 13.6. The van der Waals surface area contributed by atoms with Crippen LogP contribution in [0.15, 0.2) is 23.4 Å². The third kappa shape index (κ3) is 5.69. The minimum absolute atomic E-state index is 0.0931. The fourth-order valence-electron chi connectivity index (χ4n) is 2.11. The van der Waals surface area contributed by atoms with E-state index >= 15 is 0 Å². The third-order valence-corrected chi connectivity index (χ3v) is 3.30. The molecule has 0 radical (unpaired) electrons. The van der Waals surface area contributed by atoms with Gasteiger partial charge in [-0.15, -0.1) is 0 Å². The second-order valence-electron chi connectivity index (χ2n) is 5.83. The molecule has 0 amide bonds. The molecule has 0 spiro atoms. The summed E-state index contributed by atoms with van der Waals surface area (Å²) >= 11 is 0. The monoisotopic (exact) mass is 296 g/mol. The molecule has 1 unspecified atom stereocenters. The van der Waals surface area contributed by atoms with Crippen LogP contribution in [0.3, 0.4) is 0 Å². The van der Waals surface area contributed by atoms with Gasteiger partial charge in [0, 0.05) is 24.7 Å². The normalized spacial score (nSPS) is 14.0. The Balaban J connectivity index is 2.80. The molecule has 0 heterocycles. The zero-order valence-corrected chi connectivity index (χ0v) is 13.1. The van der Waals surface area contributed by atoms with Gasteiger partial charge >= 0.3 is 0 Å². The first-order valence-corrected chi connectivity index (χ1v) is 6.99. The summed E-state index contributed by atoms with van der Waals surface area (Å²) in [5.41, 5.74) is 6.65. The molecule has 0 saturated heterocycles. The van der Waals surface area contributed by atoms with Crippen LogP contribution in [-0.4, -0.2) is 42.6 Å². The van der Waals surface area contributed by atoms with Gasteiger partial charge in [0.25, 0.3) is 0 Å². The molecular weight excluding hydrogens is 271 g/mol. The second kappa shape index (κ2) is 7.95. The lowest BCUT2D eigenvalue weighted by molar-refractivity contribution is 0.288. The number of nitrogens with zero attached hydrogens (tertiary/aromatic N) is 2. The fourth-order valence-corrected chi connectivity index (χ4v) is 2.11. The van der Waals surface area contributed by atoms with E-state index in [1.807, 2.05) is 14.1 Å². The number of halogens is 1. The number of nitrogens with two attached hydrogens (primary N) is 1. The quantitative estimate of drug-likeness (QED) is 0.309. The first-order valence-electron chi connectivity index (χ1n) is 6.99. The Morgan fingerprint density at radius 2 is 2.05 bits per heavy atom. The van der Waals surface area contributed by atoms with Gasteiger partial charge < -0.3 is 21.2 Å². The lowest BCUT2D eigenvalue weighted by atomic mass is 10.0. The van der Waals surface area contributed by atoms with Gasteiger partial charge in [0.1, 0.15) is 5.82 Å². The summed E-state index contributed by atoms with van der Waals surface area (Å²) < 4.78 is 13.6. The van der Waals surface area contributed by atoms with Crippen molar-refractivity contribution in [1.82, 2.24) is 10.2 Å². The molecule has 0 fully saturated rings. The lowest BCUT2D eigenvalue weighted by Crippen LogP contribution is -2.41. The molecule has 4 N–H and O–H groups in total. The van der Waals surface area contributed by atoms with Crippen LogP contribution < -0.4 is 11.1 Å². The minimum Gasteiger partial charge on any atom is -0.409 e. The molecule has 1 aromatic rings. The zero-order chi connectivity index (χ0) is 16.0. The van der Waals surface area contributed by atoms with Crippen molar-refractivity contribution >= 4 is 5.84 Å². The summed E-state index contributed by atoms with van der Waals surface area (Å²) in [5.74, 6) is -0.0291. The topological polar surface area (TPSA) is 73.9 Å². The Bertz CT molecular complexity index is 489. The molecule has 0 saturated carbocycles.